The average Bonchev–Trinajstić information content (AvgIpc) is 3.25. The highest BCUT2D eigenvalue weighted by Gasteiger charge is 2.11. The van der Waals surface area contributed by atoms with E-state index in [2.05, 4.69) is 25.8 Å². The van der Waals surface area contributed by atoms with Crippen molar-refractivity contribution >= 4 is 41.5 Å². The van der Waals surface area contributed by atoms with Crippen LogP contribution in [0.4, 0.5) is 0 Å². The van der Waals surface area contributed by atoms with Crippen molar-refractivity contribution in [2.24, 2.45) is 4.99 Å². The van der Waals surface area contributed by atoms with Crippen LogP contribution in [0.5, 0.6) is 11.5 Å². The summed E-state index contributed by atoms with van der Waals surface area (Å²) in [5.74, 6) is 2.94. The van der Waals surface area contributed by atoms with E-state index < -0.39 is 0 Å². The Labute approximate surface area is 209 Å². The third kappa shape index (κ3) is 7.56. The summed E-state index contributed by atoms with van der Waals surface area (Å²) in [4.78, 5) is 8.90. The number of aromatic nitrogens is 2. The van der Waals surface area contributed by atoms with Crippen LogP contribution in [0, 0.1) is 0 Å². The Morgan fingerprint density at radius 3 is 2.53 bits per heavy atom. The number of nitrogens with zero attached hydrogens (tertiary/aromatic N) is 3. The van der Waals surface area contributed by atoms with E-state index in [4.69, 9.17) is 25.6 Å². The van der Waals surface area contributed by atoms with Gasteiger partial charge in [-0.1, -0.05) is 28.9 Å². The van der Waals surface area contributed by atoms with Crippen LogP contribution in [0.15, 0.2) is 58.0 Å². The van der Waals surface area contributed by atoms with E-state index in [1.54, 1.807) is 19.2 Å². The van der Waals surface area contributed by atoms with E-state index in [9.17, 15) is 0 Å². The summed E-state index contributed by atoms with van der Waals surface area (Å²) in [5.41, 5.74) is 0.829. The number of guanidine groups is 1. The second-order valence-corrected chi connectivity index (χ2v) is 7.11. The molecule has 0 aliphatic rings. The Bertz CT molecular complexity index is 997. The van der Waals surface area contributed by atoms with Gasteiger partial charge in [0.2, 0.25) is 11.7 Å². The van der Waals surface area contributed by atoms with Crippen molar-refractivity contribution in [2.45, 2.75) is 26.5 Å². The van der Waals surface area contributed by atoms with E-state index in [-0.39, 0.29) is 36.6 Å². The van der Waals surface area contributed by atoms with E-state index in [1.165, 1.54) is 0 Å². The molecule has 0 radical (unpaired) electrons. The van der Waals surface area contributed by atoms with Gasteiger partial charge in [-0.2, -0.15) is 4.98 Å². The first-order valence-corrected chi connectivity index (χ1v) is 10.4. The minimum Gasteiger partial charge on any atom is -0.493 e. The molecule has 0 aliphatic heterocycles. The van der Waals surface area contributed by atoms with Crippen LogP contribution in [0.2, 0.25) is 5.02 Å². The van der Waals surface area contributed by atoms with Gasteiger partial charge >= 0.3 is 0 Å². The molecule has 0 amide bonds. The first-order valence-electron chi connectivity index (χ1n) is 9.99. The van der Waals surface area contributed by atoms with Gasteiger partial charge in [0.1, 0.15) is 12.6 Å². The van der Waals surface area contributed by atoms with Crippen molar-refractivity contribution in [2.75, 3.05) is 20.2 Å². The molecule has 0 saturated heterocycles. The molecule has 2 N–H and O–H groups in total. The van der Waals surface area contributed by atoms with Gasteiger partial charge in [-0.3, -0.25) is 0 Å². The lowest BCUT2D eigenvalue weighted by Crippen LogP contribution is -2.41. The predicted octanol–water partition coefficient (Wildman–Crippen LogP) is 4.54. The van der Waals surface area contributed by atoms with Gasteiger partial charge in [0.15, 0.2) is 17.5 Å². The van der Waals surface area contributed by atoms with E-state index >= 15 is 0 Å². The van der Waals surface area contributed by atoms with E-state index in [1.807, 2.05) is 50.2 Å². The fraction of sp³-hybridized carbons (Fsp3) is 0.318. The van der Waals surface area contributed by atoms with Crippen molar-refractivity contribution in [1.82, 2.24) is 20.8 Å². The summed E-state index contributed by atoms with van der Waals surface area (Å²) < 4.78 is 16.6. The second kappa shape index (κ2) is 13.1. The zero-order valence-corrected chi connectivity index (χ0v) is 21.3. The molecule has 0 saturated carbocycles. The van der Waals surface area contributed by atoms with Crippen LogP contribution in [-0.2, 0) is 6.54 Å². The maximum Gasteiger partial charge on any atom is 0.248 e. The molecule has 0 bridgehead atoms. The van der Waals surface area contributed by atoms with Gasteiger partial charge < -0.3 is 24.6 Å². The van der Waals surface area contributed by atoms with Crippen LogP contribution in [-0.4, -0.2) is 42.4 Å². The monoisotopic (exact) mass is 571 g/mol. The molecule has 3 rings (SSSR count). The lowest BCUT2D eigenvalue weighted by Gasteiger charge is -2.18. The Morgan fingerprint density at radius 1 is 1.12 bits per heavy atom. The fourth-order valence-electron chi connectivity index (χ4n) is 2.74. The summed E-state index contributed by atoms with van der Waals surface area (Å²) in [7, 11) is 1.62. The summed E-state index contributed by atoms with van der Waals surface area (Å²) in [6.07, 6.45) is -0.111. The molecule has 1 heterocycles. The predicted molar refractivity (Wildman–Crippen MR) is 136 cm³/mol. The highest BCUT2D eigenvalue weighted by Crippen LogP contribution is 2.26. The number of ether oxygens (including phenoxy) is 2. The molecular formula is C22H27ClIN5O3. The Balaban J connectivity index is 0.00000363. The van der Waals surface area contributed by atoms with Crippen molar-refractivity contribution in [3.05, 3.63) is 59.4 Å². The molecule has 0 fully saturated rings. The zero-order chi connectivity index (χ0) is 22.1. The summed E-state index contributed by atoms with van der Waals surface area (Å²) in [6.45, 7) is 5.48. The first-order chi connectivity index (χ1) is 15.1. The molecule has 172 valence electrons. The number of benzene rings is 2. The molecule has 3 aromatic rings. The zero-order valence-electron chi connectivity index (χ0n) is 18.2. The number of para-hydroxylation sites is 2. The number of hydrogen-bond acceptors (Lipinski definition) is 6. The SMILES string of the molecule is CCNC(=NCc1nc(-c2ccc(Cl)cc2)no1)NCC(C)Oc1ccccc1OC.I. The maximum atomic E-state index is 5.97. The lowest BCUT2D eigenvalue weighted by molar-refractivity contribution is 0.213. The largest absolute Gasteiger partial charge is 0.493 e. The molecule has 10 heteroatoms. The summed E-state index contributed by atoms with van der Waals surface area (Å²) >= 11 is 5.92. The van der Waals surface area contributed by atoms with Crippen LogP contribution in [0.3, 0.4) is 0 Å². The highest BCUT2D eigenvalue weighted by molar-refractivity contribution is 14.0. The number of methoxy groups -OCH3 is 1. The van der Waals surface area contributed by atoms with E-state index in [0.717, 1.165) is 5.56 Å². The molecule has 2 aromatic carbocycles. The fourth-order valence-corrected chi connectivity index (χ4v) is 2.86. The average molecular weight is 572 g/mol. The van der Waals surface area contributed by atoms with Crippen molar-refractivity contribution in [3.8, 4) is 22.9 Å². The number of hydrogen-bond donors (Lipinski definition) is 2. The van der Waals surface area contributed by atoms with Crippen LogP contribution in [0.1, 0.15) is 19.7 Å². The molecule has 1 unspecified atom stereocenters. The molecule has 1 aromatic heterocycles. The number of rotatable bonds is 9. The summed E-state index contributed by atoms with van der Waals surface area (Å²) in [6, 6.07) is 14.8. The number of halogens is 2. The topological polar surface area (TPSA) is 93.8 Å². The van der Waals surface area contributed by atoms with Crippen molar-refractivity contribution < 1.29 is 14.0 Å². The third-order valence-corrected chi connectivity index (χ3v) is 4.49. The molecule has 0 spiro atoms. The van der Waals surface area contributed by atoms with Crippen molar-refractivity contribution in [3.63, 3.8) is 0 Å². The Morgan fingerprint density at radius 2 is 1.84 bits per heavy atom. The van der Waals surface area contributed by atoms with Gasteiger partial charge in [0.25, 0.3) is 0 Å². The molecule has 0 aliphatic carbocycles. The Kier molecular flexibility index (Phi) is 10.5. The van der Waals surface area contributed by atoms with Crippen LogP contribution in [0.25, 0.3) is 11.4 Å². The number of nitrogens with one attached hydrogen (secondary N) is 2. The standard InChI is InChI=1S/C22H26ClN5O3.HI/c1-4-24-22(25-13-15(2)30-19-8-6-5-7-18(19)29-3)26-14-20-27-21(28-31-20)16-9-11-17(23)12-10-16;/h5-12,15H,4,13-14H2,1-3H3,(H2,24,25,26);1H. The van der Waals surface area contributed by atoms with Gasteiger partial charge in [0, 0.05) is 17.1 Å². The minimum atomic E-state index is -0.111. The lowest BCUT2D eigenvalue weighted by atomic mass is 10.2. The van der Waals surface area contributed by atoms with Gasteiger partial charge in [-0.25, -0.2) is 4.99 Å². The van der Waals surface area contributed by atoms with E-state index in [0.29, 0.717) is 47.3 Å². The normalized spacial score (nSPS) is 11.9. The Hall–Kier alpha value is -2.53. The third-order valence-electron chi connectivity index (χ3n) is 4.24. The summed E-state index contributed by atoms with van der Waals surface area (Å²) in [5, 5.41) is 11.1. The quantitative estimate of drug-likeness (QED) is 0.221. The van der Waals surface area contributed by atoms with Crippen molar-refractivity contribution in [1.29, 1.82) is 0 Å². The number of aliphatic imine (C=N–C) groups is 1. The molecular weight excluding hydrogens is 545 g/mol. The molecule has 8 nitrogen and oxygen atoms in total. The molecule has 32 heavy (non-hydrogen) atoms. The first kappa shape index (κ1) is 25.7. The smallest absolute Gasteiger partial charge is 0.248 e. The highest BCUT2D eigenvalue weighted by atomic mass is 127. The maximum absolute atomic E-state index is 5.97. The van der Waals surface area contributed by atoms with Gasteiger partial charge in [-0.15, -0.1) is 24.0 Å². The van der Waals surface area contributed by atoms with Gasteiger partial charge in [-0.05, 0) is 50.2 Å². The van der Waals surface area contributed by atoms with Crippen LogP contribution >= 0.6 is 35.6 Å². The minimum absolute atomic E-state index is 0. The molecule has 1 atom stereocenters. The van der Waals surface area contributed by atoms with Crippen LogP contribution < -0.4 is 20.1 Å². The second-order valence-electron chi connectivity index (χ2n) is 6.67. The van der Waals surface area contributed by atoms with Gasteiger partial charge in [0.05, 0.1) is 13.7 Å².